The van der Waals surface area contributed by atoms with Gasteiger partial charge >= 0.3 is 0 Å². The Hall–Kier alpha value is -2.59. The predicted molar refractivity (Wildman–Crippen MR) is 94.2 cm³/mol. The summed E-state index contributed by atoms with van der Waals surface area (Å²) in [5.41, 5.74) is 2.33. The molecule has 0 spiro atoms. The zero-order chi connectivity index (χ0) is 16.9. The van der Waals surface area contributed by atoms with Gasteiger partial charge in [-0.2, -0.15) is 0 Å². The van der Waals surface area contributed by atoms with Crippen molar-refractivity contribution < 1.29 is 9.21 Å². The Kier molecular flexibility index (Phi) is 4.96. The number of nitrogens with zero attached hydrogens (tertiary/aromatic N) is 1. The number of aryl methyl sites for hydroxylation is 1. The van der Waals surface area contributed by atoms with Crippen molar-refractivity contribution in [3.05, 3.63) is 76.6 Å². The summed E-state index contributed by atoms with van der Waals surface area (Å²) < 4.78 is 5.72. The van der Waals surface area contributed by atoms with Gasteiger partial charge in [-0.15, -0.1) is 0 Å². The minimum absolute atomic E-state index is 0.151. The van der Waals surface area contributed by atoms with Crippen LogP contribution in [0, 0.1) is 6.92 Å². The van der Waals surface area contributed by atoms with E-state index in [1.54, 1.807) is 24.3 Å². The van der Waals surface area contributed by atoms with Gasteiger partial charge in [0.15, 0.2) is 0 Å². The highest BCUT2D eigenvalue weighted by Crippen LogP contribution is 2.21. The fraction of sp³-hybridized carbons (Fsp3) is 0.158. The van der Waals surface area contributed by atoms with E-state index in [4.69, 9.17) is 16.0 Å². The van der Waals surface area contributed by atoms with Gasteiger partial charge in [0.05, 0.1) is 5.69 Å². The van der Waals surface area contributed by atoms with Crippen LogP contribution in [0.15, 0.2) is 59.0 Å². The monoisotopic (exact) mass is 340 g/mol. The number of nitrogens with one attached hydrogen (secondary N) is 1. The van der Waals surface area contributed by atoms with Gasteiger partial charge in [-0.25, -0.2) is 4.98 Å². The van der Waals surface area contributed by atoms with Crippen molar-refractivity contribution in [2.24, 2.45) is 0 Å². The van der Waals surface area contributed by atoms with Crippen LogP contribution in [0.2, 0.25) is 5.02 Å². The molecule has 3 aromatic rings. The van der Waals surface area contributed by atoms with Gasteiger partial charge in [0, 0.05) is 29.1 Å². The summed E-state index contributed by atoms with van der Waals surface area (Å²) in [5.74, 6) is 1.22. The first-order valence-electron chi connectivity index (χ1n) is 7.69. The van der Waals surface area contributed by atoms with E-state index in [-0.39, 0.29) is 5.91 Å². The molecular weight excluding hydrogens is 324 g/mol. The number of aromatic nitrogens is 1. The quantitative estimate of drug-likeness (QED) is 0.754. The second kappa shape index (κ2) is 7.32. The second-order valence-corrected chi connectivity index (χ2v) is 5.84. The van der Waals surface area contributed by atoms with Gasteiger partial charge in [0.2, 0.25) is 5.89 Å². The van der Waals surface area contributed by atoms with Crippen molar-refractivity contribution in [1.82, 2.24) is 10.3 Å². The number of rotatable bonds is 5. The van der Waals surface area contributed by atoms with Gasteiger partial charge in [-0.3, -0.25) is 4.79 Å². The van der Waals surface area contributed by atoms with Crippen LogP contribution < -0.4 is 5.32 Å². The summed E-state index contributed by atoms with van der Waals surface area (Å²) in [6.45, 7) is 2.36. The highest BCUT2D eigenvalue weighted by molar-refractivity contribution is 6.30. The zero-order valence-corrected chi connectivity index (χ0v) is 14.0. The first-order chi connectivity index (χ1) is 11.6. The van der Waals surface area contributed by atoms with E-state index >= 15 is 0 Å². The minimum atomic E-state index is -0.151. The molecule has 122 valence electrons. The molecule has 0 saturated heterocycles. The molecule has 0 aliphatic rings. The van der Waals surface area contributed by atoms with E-state index in [9.17, 15) is 4.79 Å². The lowest BCUT2D eigenvalue weighted by molar-refractivity contribution is 0.0954. The van der Waals surface area contributed by atoms with Gasteiger partial charge in [0.1, 0.15) is 5.76 Å². The number of carbonyl (C=O) groups excluding carboxylic acids is 1. The van der Waals surface area contributed by atoms with Crippen LogP contribution in [-0.2, 0) is 6.42 Å². The van der Waals surface area contributed by atoms with Crippen molar-refractivity contribution in [3.63, 3.8) is 0 Å². The molecule has 0 bridgehead atoms. The molecule has 0 atom stereocenters. The zero-order valence-electron chi connectivity index (χ0n) is 13.3. The largest absolute Gasteiger partial charge is 0.441 e. The van der Waals surface area contributed by atoms with Crippen LogP contribution in [0.1, 0.15) is 21.8 Å². The summed E-state index contributed by atoms with van der Waals surface area (Å²) in [6, 6.07) is 16.6. The van der Waals surface area contributed by atoms with Crippen LogP contribution in [0.4, 0.5) is 0 Å². The fourth-order valence-electron chi connectivity index (χ4n) is 2.39. The highest BCUT2D eigenvalue weighted by atomic mass is 35.5. The van der Waals surface area contributed by atoms with Crippen molar-refractivity contribution >= 4 is 17.5 Å². The summed E-state index contributed by atoms with van der Waals surface area (Å²) in [6.07, 6.45) is 0.606. The molecule has 0 fully saturated rings. The number of hydrogen-bond acceptors (Lipinski definition) is 3. The number of carbonyl (C=O) groups is 1. The molecule has 4 nitrogen and oxygen atoms in total. The lowest BCUT2D eigenvalue weighted by Gasteiger charge is -2.04. The summed E-state index contributed by atoms with van der Waals surface area (Å²) in [5, 5.41) is 3.42. The van der Waals surface area contributed by atoms with Crippen LogP contribution in [0.3, 0.4) is 0 Å². The average Bonchev–Trinajstić information content (AvgIpc) is 2.96. The van der Waals surface area contributed by atoms with E-state index in [2.05, 4.69) is 10.3 Å². The molecule has 3 rings (SSSR count). The van der Waals surface area contributed by atoms with Crippen LogP contribution in [0.25, 0.3) is 11.5 Å². The van der Waals surface area contributed by atoms with Gasteiger partial charge in [-0.1, -0.05) is 35.9 Å². The van der Waals surface area contributed by atoms with Crippen molar-refractivity contribution in [2.75, 3.05) is 6.54 Å². The molecule has 0 saturated carbocycles. The Bertz CT molecular complexity index is 844. The molecule has 0 unspecified atom stereocenters. The smallest absolute Gasteiger partial charge is 0.251 e. The Labute approximate surface area is 145 Å². The molecule has 0 aliphatic carbocycles. The summed E-state index contributed by atoms with van der Waals surface area (Å²) in [7, 11) is 0. The molecular formula is C19H17ClN2O2. The number of amides is 1. The first kappa shape index (κ1) is 16.3. The van der Waals surface area contributed by atoms with E-state index < -0.39 is 0 Å². The topological polar surface area (TPSA) is 55.1 Å². The summed E-state index contributed by atoms with van der Waals surface area (Å²) in [4.78, 5) is 16.6. The van der Waals surface area contributed by atoms with Gasteiger partial charge in [0.25, 0.3) is 5.91 Å². The highest BCUT2D eigenvalue weighted by Gasteiger charge is 2.12. The number of halogens is 1. The molecule has 0 aliphatic heterocycles. The minimum Gasteiger partial charge on any atom is -0.441 e. The maximum atomic E-state index is 12.1. The first-order valence-corrected chi connectivity index (χ1v) is 8.07. The van der Waals surface area contributed by atoms with E-state index in [0.29, 0.717) is 29.4 Å². The van der Waals surface area contributed by atoms with Crippen LogP contribution >= 0.6 is 11.6 Å². The standard InChI is InChI=1S/C19H17ClN2O2/c1-13-17(22-19(24-13)14-6-3-2-4-7-14)10-11-21-18(23)15-8-5-9-16(20)12-15/h2-9,12H,10-11H2,1H3,(H,21,23). The molecule has 1 aromatic heterocycles. The van der Waals surface area contributed by atoms with Crippen molar-refractivity contribution in [1.29, 1.82) is 0 Å². The third-order valence-corrected chi connectivity index (χ3v) is 3.88. The Morgan fingerprint density at radius 2 is 1.96 bits per heavy atom. The Morgan fingerprint density at radius 3 is 2.71 bits per heavy atom. The SMILES string of the molecule is Cc1oc(-c2ccccc2)nc1CCNC(=O)c1cccc(Cl)c1. The molecule has 2 aromatic carbocycles. The number of hydrogen-bond donors (Lipinski definition) is 1. The molecule has 1 amide bonds. The molecule has 1 N–H and O–H groups in total. The van der Waals surface area contributed by atoms with E-state index in [0.717, 1.165) is 17.0 Å². The van der Waals surface area contributed by atoms with Gasteiger partial charge in [-0.05, 0) is 37.3 Å². The lowest BCUT2D eigenvalue weighted by Crippen LogP contribution is -2.25. The third-order valence-electron chi connectivity index (χ3n) is 3.65. The second-order valence-electron chi connectivity index (χ2n) is 5.40. The maximum Gasteiger partial charge on any atom is 0.251 e. The Morgan fingerprint density at radius 1 is 1.17 bits per heavy atom. The number of oxazole rings is 1. The molecule has 1 heterocycles. The van der Waals surface area contributed by atoms with Gasteiger partial charge < -0.3 is 9.73 Å². The Balaban J connectivity index is 1.61. The normalized spacial score (nSPS) is 10.6. The lowest BCUT2D eigenvalue weighted by atomic mass is 10.2. The molecule has 24 heavy (non-hydrogen) atoms. The third kappa shape index (κ3) is 3.84. The summed E-state index contributed by atoms with van der Waals surface area (Å²) >= 11 is 5.90. The van der Waals surface area contributed by atoms with E-state index in [1.165, 1.54) is 0 Å². The average molecular weight is 341 g/mol. The van der Waals surface area contributed by atoms with Crippen LogP contribution in [-0.4, -0.2) is 17.4 Å². The van der Waals surface area contributed by atoms with Crippen molar-refractivity contribution in [3.8, 4) is 11.5 Å². The fourth-order valence-corrected chi connectivity index (χ4v) is 2.58. The predicted octanol–water partition coefficient (Wildman–Crippen LogP) is 4.28. The number of benzene rings is 2. The van der Waals surface area contributed by atoms with E-state index in [1.807, 2.05) is 37.3 Å². The molecule has 5 heteroatoms. The van der Waals surface area contributed by atoms with Crippen molar-refractivity contribution in [2.45, 2.75) is 13.3 Å². The van der Waals surface area contributed by atoms with Crippen LogP contribution in [0.5, 0.6) is 0 Å². The maximum absolute atomic E-state index is 12.1. The molecule has 0 radical (unpaired) electrons.